The minimum atomic E-state index is -0.391. The monoisotopic (exact) mass is 292 g/mol. The summed E-state index contributed by atoms with van der Waals surface area (Å²) in [4.78, 5) is 25.6. The zero-order chi connectivity index (χ0) is 14.5. The molecular weight excluding hydrogens is 276 g/mol. The zero-order valence-electron chi connectivity index (χ0n) is 11.1. The van der Waals surface area contributed by atoms with Crippen molar-refractivity contribution in [1.82, 2.24) is 10.2 Å². The van der Waals surface area contributed by atoms with Crippen molar-refractivity contribution in [3.8, 4) is 0 Å². The number of carbonyl (C=O) groups excluding carboxylic acids is 2. The van der Waals surface area contributed by atoms with Crippen molar-refractivity contribution < 1.29 is 9.59 Å². The maximum Gasteiger partial charge on any atom is 0.243 e. The molecule has 20 heavy (non-hydrogen) atoms. The molecule has 0 unspecified atom stereocenters. The second kappa shape index (κ2) is 6.57. The van der Waals surface area contributed by atoms with Gasteiger partial charge in [0.05, 0.1) is 0 Å². The number of benzene rings is 1. The number of halogens is 1. The molecule has 1 aromatic carbocycles. The largest absolute Gasteiger partial charge is 0.351 e. The van der Waals surface area contributed by atoms with Crippen LogP contribution < -0.4 is 5.32 Å². The van der Waals surface area contributed by atoms with E-state index in [4.69, 9.17) is 11.6 Å². The minimum Gasteiger partial charge on any atom is -0.351 e. The first-order valence-electron chi connectivity index (χ1n) is 6.54. The van der Waals surface area contributed by atoms with E-state index >= 15 is 0 Å². The fourth-order valence-corrected chi connectivity index (χ4v) is 2.41. The van der Waals surface area contributed by atoms with Crippen molar-refractivity contribution >= 4 is 23.4 Å². The average Bonchev–Trinajstić information content (AvgIpc) is 2.80. The Kier molecular flexibility index (Phi) is 4.79. The second-order valence-corrected chi connectivity index (χ2v) is 5.17. The fraction of sp³-hybridized carbons (Fsp3) is 0.333. The van der Waals surface area contributed by atoms with E-state index in [1.807, 2.05) is 12.1 Å². The summed E-state index contributed by atoms with van der Waals surface area (Å²) in [6, 6.07) is 6.91. The number of likely N-dealkylation sites (tertiary alicyclic amines) is 1. The van der Waals surface area contributed by atoms with Crippen molar-refractivity contribution in [2.75, 3.05) is 6.54 Å². The Morgan fingerprint density at radius 2 is 2.15 bits per heavy atom. The van der Waals surface area contributed by atoms with Crippen LogP contribution in [0.4, 0.5) is 0 Å². The van der Waals surface area contributed by atoms with Gasteiger partial charge in [-0.1, -0.05) is 29.8 Å². The van der Waals surface area contributed by atoms with Gasteiger partial charge in [-0.05, 0) is 24.1 Å². The summed E-state index contributed by atoms with van der Waals surface area (Å²) in [5.74, 6) is -0.108. The Balaban J connectivity index is 2.06. The lowest BCUT2D eigenvalue weighted by atomic mass is 10.1. The maximum atomic E-state index is 12.0. The predicted molar refractivity (Wildman–Crippen MR) is 78.2 cm³/mol. The van der Waals surface area contributed by atoms with Gasteiger partial charge in [0.2, 0.25) is 11.8 Å². The lowest BCUT2D eigenvalue weighted by Gasteiger charge is -2.24. The van der Waals surface area contributed by atoms with E-state index in [0.29, 0.717) is 31.0 Å². The zero-order valence-corrected chi connectivity index (χ0v) is 11.9. The Bertz CT molecular complexity index is 513. The normalized spacial score (nSPS) is 18.1. The van der Waals surface area contributed by atoms with Crippen LogP contribution in [-0.4, -0.2) is 29.3 Å². The van der Waals surface area contributed by atoms with Crippen LogP contribution in [0.2, 0.25) is 5.02 Å². The molecule has 5 heteroatoms. The van der Waals surface area contributed by atoms with E-state index in [1.165, 1.54) is 0 Å². The summed E-state index contributed by atoms with van der Waals surface area (Å²) in [6.07, 6.45) is 2.60. The molecule has 4 nitrogen and oxygen atoms in total. The summed E-state index contributed by atoms with van der Waals surface area (Å²) in [7, 11) is 0. The van der Waals surface area contributed by atoms with Crippen molar-refractivity contribution in [3.63, 3.8) is 0 Å². The topological polar surface area (TPSA) is 49.4 Å². The lowest BCUT2D eigenvalue weighted by molar-refractivity contribution is -0.135. The molecule has 0 bridgehead atoms. The summed E-state index contributed by atoms with van der Waals surface area (Å²) in [5, 5.41) is 3.40. The van der Waals surface area contributed by atoms with Gasteiger partial charge < -0.3 is 10.2 Å². The first kappa shape index (κ1) is 14.6. The summed E-state index contributed by atoms with van der Waals surface area (Å²) >= 11 is 5.84. The molecule has 106 valence electrons. The molecule has 0 saturated carbocycles. The van der Waals surface area contributed by atoms with Gasteiger partial charge in [-0.3, -0.25) is 9.59 Å². The number of nitrogens with one attached hydrogen (secondary N) is 1. The highest BCUT2D eigenvalue weighted by atomic mass is 35.5. The van der Waals surface area contributed by atoms with Crippen molar-refractivity contribution in [3.05, 3.63) is 47.5 Å². The van der Waals surface area contributed by atoms with Gasteiger partial charge in [-0.25, -0.2) is 0 Å². The minimum absolute atomic E-state index is 0.0127. The third-order valence-electron chi connectivity index (χ3n) is 3.32. The van der Waals surface area contributed by atoms with Crippen LogP contribution in [0.25, 0.3) is 0 Å². The first-order chi connectivity index (χ1) is 9.61. The number of amides is 2. The molecule has 1 N–H and O–H groups in total. The molecule has 2 amide bonds. The number of carbonyl (C=O) groups is 2. The molecule has 2 rings (SSSR count). The van der Waals surface area contributed by atoms with Crippen LogP contribution in [0.5, 0.6) is 0 Å². The van der Waals surface area contributed by atoms with Crippen LogP contribution in [0, 0.1) is 0 Å². The van der Waals surface area contributed by atoms with Crippen LogP contribution in [0.3, 0.4) is 0 Å². The highest BCUT2D eigenvalue weighted by Crippen LogP contribution is 2.22. The Morgan fingerprint density at radius 1 is 1.45 bits per heavy atom. The van der Waals surface area contributed by atoms with Gasteiger partial charge >= 0.3 is 0 Å². The number of nitrogens with zero attached hydrogens (tertiary/aromatic N) is 1. The molecule has 1 atom stereocenters. The van der Waals surface area contributed by atoms with Crippen LogP contribution in [0.1, 0.15) is 18.4 Å². The standard InChI is InChI=1S/C15H17ClN2O2/c1-2-9-17-15(20)13-7-8-14(19)18(13)10-11-3-5-12(16)6-4-11/h2-6,13H,1,7-10H2,(H,17,20)/t13-/m1/s1. The molecule has 0 spiro atoms. The molecule has 1 saturated heterocycles. The van der Waals surface area contributed by atoms with E-state index in [-0.39, 0.29) is 11.8 Å². The summed E-state index contributed by atoms with van der Waals surface area (Å²) in [5.41, 5.74) is 0.964. The smallest absolute Gasteiger partial charge is 0.243 e. The maximum absolute atomic E-state index is 12.0. The highest BCUT2D eigenvalue weighted by molar-refractivity contribution is 6.30. The van der Waals surface area contributed by atoms with Gasteiger partial charge in [0, 0.05) is 24.5 Å². The lowest BCUT2D eigenvalue weighted by Crippen LogP contribution is -2.44. The van der Waals surface area contributed by atoms with Crippen molar-refractivity contribution in [2.24, 2.45) is 0 Å². The van der Waals surface area contributed by atoms with Gasteiger partial charge in [-0.2, -0.15) is 0 Å². The van der Waals surface area contributed by atoms with E-state index in [9.17, 15) is 9.59 Å². The molecule has 0 aliphatic carbocycles. The molecule has 1 aromatic rings. The van der Waals surface area contributed by atoms with E-state index in [0.717, 1.165) is 5.56 Å². The van der Waals surface area contributed by atoms with Crippen LogP contribution in [-0.2, 0) is 16.1 Å². The molecule has 1 aliphatic heterocycles. The predicted octanol–water partition coefficient (Wildman–Crippen LogP) is 2.13. The number of hydrogen-bond donors (Lipinski definition) is 1. The van der Waals surface area contributed by atoms with E-state index < -0.39 is 6.04 Å². The third kappa shape index (κ3) is 3.39. The van der Waals surface area contributed by atoms with Crippen LogP contribution in [0.15, 0.2) is 36.9 Å². The third-order valence-corrected chi connectivity index (χ3v) is 3.57. The number of rotatable bonds is 5. The summed E-state index contributed by atoms with van der Waals surface area (Å²) < 4.78 is 0. The molecular formula is C15H17ClN2O2. The Morgan fingerprint density at radius 3 is 2.80 bits per heavy atom. The first-order valence-corrected chi connectivity index (χ1v) is 6.92. The fourth-order valence-electron chi connectivity index (χ4n) is 2.28. The van der Waals surface area contributed by atoms with Crippen molar-refractivity contribution in [1.29, 1.82) is 0 Å². The average molecular weight is 293 g/mol. The molecule has 0 radical (unpaired) electrons. The Hall–Kier alpha value is -1.81. The van der Waals surface area contributed by atoms with Gasteiger partial charge in [0.1, 0.15) is 6.04 Å². The van der Waals surface area contributed by atoms with E-state index in [2.05, 4.69) is 11.9 Å². The second-order valence-electron chi connectivity index (χ2n) is 4.74. The summed E-state index contributed by atoms with van der Waals surface area (Å²) in [6.45, 7) is 4.41. The van der Waals surface area contributed by atoms with Gasteiger partial charge in [-0.15, -0.1) is 6.58 Å². The molecule has 0 aromatic heterocycles. The van der Waals surface area contributed by atoms with Gasteiger partial charge in [0.15, 0.2) is 0 Å². The molecule has 1 aliphatic rings. The van der Waals surface area contributed by atoms with Crippen molar-refractivity contribution in [2.45, 2.75) is 25.4 Å². The molecule has 1 heterocycles. The Labute approximate surface area is 123 Å². The van der Waals surface area contributed by atoms with E-state index in [1.54, 1.807) is 23.1 Å². The van der Waals surface area contributed by atoms with Crippen LogP contribution >= 0.6 is 11.6 Å². The number of hydrogen-bond acceptors (Lipinski definition) is 2. The quantitative estimate of drug-likeness (QED) is 0.845. The highest BCUT2D eigenvalue weighted by Gasteiger charge is 2.35. The SMILES string of the molecule is C=CCNC(=O)[C@H]1CCC(=O)N1Cc1ccc(Cl)cc1. The molecule has 1 fully saturated rings. The van der Waals surface area contributed by atoms with Gasteiger partial charge in [0.25, 0.3) is 0 Å².